The predicted molar refractivity (Wildman–Crippen MR) is 132 cm³/mol. The molecule has 4 aromatic carbocycles. The van der Waals surface area contributed by atoms with E-state index in [4.69, 9.17) is 0 Å². The Kier molecular flexibility index (Phi) is 5.60. The van der Waals surface area contributed by atoms with Gasteiger partial charge in [0.05, 0.1) is 11.4 Å². The number of amides is 2. The van der Waals surface area contributed by atoms with Crippen LogP contribution in [0.15, 0.2) is 84.9 Å². The van der Waals surface area contributed by atoms with Gasteiger partial charge in [0.1, 0.15) is 11.2 Å². The minimum Gasteiger partial charge on any atom is -0.322 e. The van der Waals surface area contributed by atoms with Crippen LogP contribution < -0.4 is 10.2 Å². The topological polar surface area (TPSA) is 49.4 Å². The Bertz CT molecular complexity index is 1370. The Labute approximate surface area is 195 Å². The third-order valence-corrected chi connectivity index (χ3v) is 6.93. The van der Waals surface area contributed by atoms with E-state index >= 15 is 0 Å². The monoisotopic (exact) mass is 456 g/mol. The summed E-state index contributed by atoms with van der Waals surface area (Å²) in [5, 5.41) is 4.53. The molecule has 1 fully saturated rings. The van der Waals surface area contributed by atoms with Crippen LogP contribution in [0.3, 0.4) is 0 Å². The van der Waals surface area contributed by atoms with Crippen LogP contribution in [0.2, 0.25) is 0 Å². The lowest BCUT2D eigenvalue weighted by atomic mass is 10.0. The molecule has 1 N–H and O–H groups in total. The van der Waals surface area contributed by atoms with Gasteiger partial charge in [-0.3, -0.25) is 14.5 Å². The first-order valence-corrected chi connectivity index (χ1v) is 11.6. The van der Waals surface area contributed by atoms with E-state index in [0.717, 1.165) is 21.9 Å². The average Bonchev–Trinajstić information content (AvgIpc) is 3.21. The Morgan fingerprint density at radius 1 is 1.00 bits per heavy atom. The minimum absolute atomic E-state index is 0.122. The molecule has 4 nitrogen and oxygen atoms in total. The van der Waals surface area contributed by atoms with E-state index in [1.165, 1.54) is 22.7 Å². The SMILES string of the molecule is Cc1ccc(F)c(N2C(=O)CS[C@@H]2c2ccc(NC(=O)c3cccc4ccccc34)cc2)c1. The summed E-state index contributed by atoms with van der Waals surface area (Å²) in [6.07, 6.45) is 0. The van der Waals surface area contributed by atoms with Crippen molar-refractivity contribution >= 4 is 45.7 Å². The van der Waals surface area contributed by atoms with Crippen molar-refractivity contribution in [3.63, 3.8) is 0 Å². The zero-order valence-electron chi connectivity index (χ0n) is 17.9. The third-order valence-electron chi connectivity index (χ3n) is 5.72. The quantitative estimate of drug-likeness (QED) is 0.391. The first kappa shape index (κ1) is 21.2. The van der Waals surface area contributed by atoms with Crippen LogP contribution in [0.25, 0.3) is 10.8 Å². The number of hydrogen-bond donors (Lipinski definition) is 1. The fraction of sp³-hybridized carbons (Fsp3) is 0.111. The predicted octanol–water partition coefficient (Wildman–Crippen LogP) is 6.32. The maximum atomic E-state index is 14.5. The standard InChI is InChI=1S/C27H21FN2O2S/c1-17-9-14-23(28)24(15-17)30-25(31)16-33-27(30)19-10-12-20(13-11-19)29-26(32)22-8-4-6-18-5-2-3-7-21(18)22/h2-15,27H,16H2,1H3,(H,29,32)/t27-/m1/s1. The third kappa shape index (κ3) is 4.10. The molecule has 4 aromatic rings. The second-order valence-corrected chi connectivity index (χ2v) is 9.05. The number of nitrogens with one attached hydrogen (secondary N) is 1. The fourth-order valence-electron chi connectivity index (χ4n) is 4.09. The van der Waals surface area contributed by atoms with Gasteiger partial charge in [-0.25, -0.2) is 4.39 Å². The lowest BCUT2D eigenvalue weighted by Crippen LogP contribution is -2.28. The highest BCUT2D eigenvalue weighted by atomic mass is 32.2. The number of carbonyl (C=O) groups is 2. The molecule has 0 saturated carbocycles. The lowest BCUT2D eigenvalue weighted by molar-refractivity contribution is -0.115. The number of anilines is 2. The summed E-state index contributed by atoms with van der Waals surface area (Å²) in [5.74, 6) is -0.436. The van der Waals surface area contributed by atoms with Gasteiger partial charge in [-0.2, -0.15) is 0 Å². The summed E-state index contributed by atoms with van der Waals surface area (Å²) >= 11 is 1.46. The van der Waals surface area contributed by atoms with Gasteiger partial charge in [0.15, 0.2) is 0 Å². The van der Waals surface area contributed by atoms with E-state index < -0.39 is 5.82 Å². The van der Waals surface area contributed by atoms with Gasteiger partial charge in [-0.15, -0.1) is 11.8 Å². The lowest BCUT2D eigenvalue weighted by Gasteiger charge is -2.25. The fourth-order valence-corrected chi connectivity index (χ4v) is 5.26. The number of carbonyl (C=O) groups excluding carboxylic acids is 2. The van der Waals surface area contributed by atoms with E-state index in [9.17, 15) is 14.0 Å². The molecule has 0 spiro atoms. The number of benzene rings is 4. The molecule has 0 unspecified atom stereocenters. The normalized spacial score (nSPS) is 15.8. The smallest absolute Gasteiger partial charge is 0.256 e. The van der Waals surface area contributed by atoms with E-state index in [-0.39, 0.29) is 22.9 Å². The molecule has 0 aromatic heterocycles. The summed E-state index contributed by atoms with van der Waals surface area (Å²) in [7, 11) is 0. The summed E-state index contributed by atoms with van der Waals surface area (Å²) in [6, 6.07) is 25.6. The molecule has 2 amide bonds. The Morgan fingerprint density at radius 3 is 2.58 bits per heavy atom. The largest absolute Gasteiger partial charge is 0.322 e. The first-order valence-electron chi connectivity index (χ1n) is 10.6. The van der Waals surface area contributed by atoms with Crippen molar-refractivity contribution in [1.29, 1.82) is 0 Å². The van der Waals surface area contributed by atoms with Crippen molar-refractivity contribution in [2.75, 3.05) is 16.0 Å². The van der Waals surface area contributed by atoms with Gasteiger partial charge in [-0.05, 0) is 59.2 Å². The van der Waals surface area contributed by atoms with Crippen molar-refractivity contribution < 1.29 is 14.0 Å². The summed E-state index contributed by atoms with van der Waals surface area (Å²) in [4.78, 5) is 27.0. The maximum absolute atomic E-state index is 14.5. The van der Waals surface area contributed by atoms with Gasteiger partial charge < -0.3 is 5.32 Å². The van der Waals surface area contributed by atoms with Crippen molar-refractivity contribution in [2.45, 2.75) is 12.3 Å². The minimum atomic E-state index is -0.416. The van der Waals surface area contributed by atoms with Crippen LogP contribution in [0.1, 0.15) is 26.9 Å². The van der Waals surface area contributed by atoms with Crippen LogP contribution in [-0.2, 0) is 4.79 Å². The van der Waals surface area contributed by atoms with Crippen molar-refractivity contribution in [3.05, 3.63) is 107 Å². The van der Waals surface area contributed by atoms with Gasteiger partial charge in [0.25, 0.3) is 5.91 Å². The molecule has 0 radical (unpaired) electrons. The average molecular weight is 457 g/mol. The second-order valence-electron chi connectivity index (χ2n) is 7.98. The zero-order chi connectivity index (χ0) is 22.9. The Morgan fingerprint density at radius 2 is 1.76 bits per heavy atom. The molecule has 1 saturated heterocycles. The molecule has 0 bridgehead atoms. The number of thioether (sulfide) groups is 1. The molecule has 164 valence electrons. The van der Waals surface area contributed by atoms with Gasteiger partial charge in [0, 0.05) is 11.3 Å². The van der Waals surface area contributed by atoms with Crippen LogP contribution in [0.4, 0.5) is 15.8 Å². The molecular formula is C27H21FN2O2S. The van der Waals surface area contributed by atoms with Crippen LogP contribution in [0.5, 0.6) is 0 Å². The van der Waals surface area contributed by atoms with Gasteiger partial charge in [-0.1, -0.05) is 54.6 Å². The molecule has 6 heteroatoms. The molecule has 1 heterocycles. The molecule has 33 heavy (non-hydrogen) atoms. The van der Waals surface area contributed by atoms with E-state index in [2.05, 4.69) is 5.32 Å². The number of halogens is 1. The van der Waals surface area contributed by atoms with Crippen molar-refractivity contribution in [1.82, 2.24) is 0 Å². The number of nitrogens with zero attached hydrogens (tertiary/aromatic N) is 1. The molecule has 1 aliphatic rings. The maximum Gasteiger partial charge on any atom is 0.256 e. The van der Waals surface area contributed by atoms with E-state index in [0.29, 0.717) is 16.9 Å². The molecule has 5 rings (SSSR count). The highest BCUT2D eigenvalue weighted by Crippen LogP contribution is 2.43. The van der Waals surface area contributed by atoms with Crippen molar-refractivity contribution in [2.24, 2.45) is 0 Å². The number of hydrogen-bond acceptors (Lipinski definition) is 3. The highest BCUT2D eigenvalue weighted by Gasteiger charge is 2.35. The van der Waals surface area contributed by atoms with Gasteiger partial charge in [0.2, 0.25) is 5.91 Å². The van der Waals surface area contributed by atoms with E-state index in [1.54, 1.807) is 18.2 Å². The van der Waals surface area contributed by atoms with Crippen LogP contribution in [-0.4, -0.2) is 17.6 Å². The van der Waals surface area contributed by atoms with Crippen LogP contribution in [0, 0.1) is 12.7 Å². The van der Waals surface area contributed by atoms with E-state index in [1.807, 2.05) is 67.6 Å². The zero-order valence-corrected chi connectivity index (χ0v) is 18.7. The van der Waals surface area contributed by atoms with Gasteiger partial charge >= 0.3 is 0 Å². The molecule has 1 aliphatic heterocycles. The first-order chi connectivity index (χ1) is 16.0. The highest BCUT2D eigenvalue weighted by molar-refractivity contribution is 8.00. The summed E-state index contributed by atoms with van der Waals surface area (Å²) in [5.41, 5.74) is 3.31. The van der Waals surface area contributed by atoms with Crippen molar-refractivity contribution in [3.8, 4) is 0 Å². The Balaban J connectivity index is 1.38. The summed E-state index contributed by atoms with van der Waals surface area (Å²) < 4.78 is 14.5. The second kappa shape index (κ2) is 8.71. The van der Waals surface area contributed by atoms with Crippen LogP contribution >= 0.6 is 11.8 Å². The molecule has 0 aliphatic carbocycles. The molecular weight excluding hydrogens is 435 g/mol. The number of aryl methyl sites for hydroxylation is 1. The number of fused-ring (bicyclic) bond motifs is 1. The molecule has 1 atom stereocenters. The Hall–Kier alpha value is -3.64. The summed E-state index contributed by atoms with van der Waals surface area (Å²) in [6.45, 7) is 1.87. The number of rotatable bonds is 4.